The highest BCUT2D eigenvalue weighted by Crippen LogP contribution is 2.38. The van der Waals surface area contributed by atoms with Gasteiger partial charge in [-0.15, -0.1) is 0 Å². The maximum absolute atomic E-state index is 13.5. The number of pyridine rings is 1. The van der Waals surface area contributed by atoms with Crippen molar-refractivity contribution in [2.24, 2.45) is 11.8 Å². The molecule has 0 spiro atoms. The second kappa shape index (κ2) is 10.0. The van der Waals surface area contributed by atoms with Gasteiger partial charge in [0.05, 0.1) is 16.8 Å². The van der Waals surface area contributed by atoms with Crippen molar-refractivity contribution in [3.05, 3.63) is 77.0 Å². The zero-order chi connectivity index (χ0) is 24.4. The number of rotatable bonds is 4. The van der Waals surface area contributed by atoms with Gasteiger partial charge in [-0.25, -0.2) is 9.78 Å². The molecule has 0 bridgehead atoms. The Balaban J connectivity index is 1.49. The molecule has 35 heavy (non-hydrogen) atoms. The SMILES string of the molecule is CC1CCN(C(=O)COC(=O)c2c3c(nc4ccccc24)C(=Cc2ccccc2)CC(C)C3)CC1. The third-order valence-corrected chi connectivity index (χ3v) is 7.23. The first-order valence-corrected chi connectivity index (χ1v) is 12.6. The second-order valence-electron chi connectivity index (χ2n) is 10.1. The lowest BCUT2D eigenvalue weighted by Crippen LogP contribution is -2.40. The van der Waals surface area contributed by atoms with E-state index in [1.165, 1.54) is 0 Å². The quantitative estimate of drug-likeness (QED) is 0.456. The summed E-state index contributed by atoms with van der Waals surface area (Å²) in [7, 11) is 0. The number of allylic oxidation sites excluding steroid dienone is 1. The molecular formula is C30H32N2O3. The summed E-state index contributed by atoms with van der Waals surface area (Å²) in [6, 6.07) is 17.9. The predicted molar refractivity (Wildman–Crippen MR) is 139 cm³/mol. The van der Waals surface area contributed by atoms with E-state index in [1.807, 2.05) is 47.4 Å². The van der Waals surface area contributed by atoms with E-state index in [1.54, 1.807) is 0 Å². The Morgan fingerprint density at radius 3 is 2.46 bits per heavy atom. The van der Waals surface area contributed by atoms with E-state index in [0.717, 1.165) is 72.1 Å². The topological polar surface area (TPSA) is 59.5 Å². The lowest BCUT2D eigenvalue weighted by Gasteiger charge is -2.30. The van der Waals surface area contributed by atoms with Crippen LogP contribution in [-0.4, -0.2) is 41.5 Å². The molecule has 1 fully saturated rings. The van der Waals surface area contributed by atoms with Crippen LogP contribution >= 0.6 is 0 Å². The summed E-state index contributed by atoms with van der Waals surface area (Å²) in [6.07, 6.45) is 5.81. The van der Waals surface area contributed by atoms with Crippen molar-refractivity contribution in [3.8, 4) is 0 Å². The van der Waals surface area contributed by atoms with Crippen LogP contribution in [0.2, 0.25) is 0 Å². The number of ether oxygens (including phenoxy) is 1. The van der Waals surface area contributed by atoms with Crippen molar-refractivity contribution in [2.75, 3.05) is 19.7 Å². The molecule has 0 N–H and O–H groups in total. The van der Waals surface area contributed by atoms with Gasteiger partial charge in [-0.1, -0.05) is 62.4 Å². The van der Waals surface area contributed by atoms with Crippen molar-refractivity contribution < 1.29 is 14.3 Å². The molecule has 0 saturated carbocycles. The van der Waals surface area contributed by atoms with Gasteiger partial charge in [-0.05, 0) is 66.4 Å². The normalized spacial score (nSPS) is 19.5. The predicted octanol–water partition coefficient (Wildman–Crippen LogP) is 5.77. The van der Waals surface area contributed by atoms with Gasteiger partial charge in [0.25, 0.3) is 5.91 Å². The first-order chi connectivity index (χ1) is 17.0. The van der Waals surface area contributed by atoms with Crippen LogP contribution in [0.15, 0.2) is 54.6 Å². The van der Waals surface area contributed by atoms with Gasteiger partial charge in [0.1, 0.15) is 0 Å². The van der Waals surface area contributed by atoms with Crippen molar-refractivity contribution in [2.45, 2.75) is 39.5 Å². The molecule has 5 rings (SSSR count). The van der Waals surface area contributed by atoms with Crippen molar-refractivity contribution in [1.29, 1.82) is 0 Å². The van der Waals surface area contributed by atoms with E-state index in [0.29, 0.717) is 17.4 Å². The van der Waals surface area contributed by atoms with Crippen LogP contribution < -0.4 is 0 Å². The minimum absolute atomic E-state index is 0.115. The van der Waals surface area contributed by atoms with Crippen molar-refractivity contribution in [3.63, 3.8) is 0 Å². The van der Waals surface area contributed by atoms with Crippen LogP contribution in [0.25, 0.3) is 22.6 Å². The van der Waals surface area contributed by atoms with Crippen LogP contribution in [-0.2, 0) is 16.0 Å². The van der Waals surface area contributed by atoms with Gasteiger partial charge in [-0.2, -0.15) is 0 Å². The van der Waals surface area contributed by atoms with Gasteiger partial charge in [0.2, 0.25) is 0 Å². The van der Waals surface area contributed by atoms with Gasteiger partial charge in [0.15, 0.2) is 6.61 Å². The number of esters is 1. The van der Waals surface area contributed by atoms with Gasteiger partial charge >= 0.3 is 5.97 Å². The molecule has 1 saturated heterocycles. The summed E-state index contributed by atoms with van der Waals surface area (Å²) >= 11 is 0. The Bertz CT molecular complexity index is 1270. The molecule has 1 amide bonds. The molecule has 3 aromatic rings. The maximum Gasteiger partial charge on any atom is 0.339 e. The molecule has 1 aliphatic heterocycles. The third-order valence-electron chi connectivity index (χ3n) is 7.23. The molecule has 2 aromatic carbocycles. The number of hydrogen-bond acceptors (Lipinski definition) is 4. The van der Waals surface area contributed by atoms with Crippen LogP contribution in [0, 0.1) is 11.8 Å². The molecule has 1 aliphatic carbocycles. The largest absolute Gasteiger partial charge is 0.452 e. The van der Waals surface area contributed by atoms with E-state index in [9.17, 15) is 9.59 Å². The summed E-state index contributed by atoms with van der Waals surface area (Å²) < 4.78 is 5.66. The van der Waals surface area contributed by atoms with Gasteiger partial charge < -0.3 is 9.64 Å². The Kier molecular flexibility index (Phi) is 6.67. The summed E-state index contributed by atoms with van der Waals surface area (Å²) in [5, 5.41) is 0.781. The fraction of sp³-hybridized carbons (Fsp3) is 0.367. The minimum Gasteiger partial charge on any atom is -0.452 e. The number of piperidine rings is 1. The third kappa shape index (κ3) is 5.00. The van der Waals surface area contributed by atoms with E-state index in [-0.39, 0.29) is 12.5 Å². The van der Waals surface area contributed by atoms with E-state index < -0.39 is 5.97 Å². The van der Waals surface area contributed by atoms with Crippen molar-refractivity contribution in [1.82, 2.24) is 9.88 Å². The highest BCUT2D eigenvalue weighted by atomic mass is 16.5. The van der Waals surface area contributed by atoms with Crippen LogP contribution in [0.1, 0.15) is 60.3 Å². The number of benzene rings is 2. The summed E-state index contributed by atoms with van der Waals surface area (Å²) in [5.74, 6) is 0.447. The van der Waals surface area contributed by atoms with Crippen LogP contribution in [0.4, 0.5) is 0 Å². The molecule has 1 atom stereocenters. The number of para-hydroxylation sites is 1. The number of nitrogens with zero attached hydrogens (tertiary/aromatic N) is 2. The number of likely N-dealkylation sites (tertiary alicyclic amines) is 1. The highest BCUT2D eigenvalue weighted by Gasteiger charge is 2.29. The Morgan fingerprint density at radius 1 is 0.971 bits per heavy atom. The molecule has 1 unspecified atom stereocenters. The summed E-state index contributed by atoms with van der Waals surface area (Å²) in [6.45, 7) is 5.65. The zero-order valence-corrected chi connectivity index (χ0v) is 20.5. The number of fused-ring (bicyclic) bond motifs is 2. The van der Waals surface area contributed by atoms with Crippen LogP contribution in [0.3, 0.4) is 0 Å². The fourth-order valence-corrected chi connectivity index (χ4v) is 5.27. The fourth-order valence-electron chi connectivity index (χ4n) is 5.27. The zero-order valence-electron chi connectivity index (χ0n) is 20.5. The molecule has 180 valence electrons. The van der Waals surface area contributed by atoms with Crippen molar-refractivity contribution >= 4 is 34.4 Å². The number of carbonyl (C=O) groups is 2. The average Bonchev–Trinajstić information content (AvgIpc) is 2.87. The monoisotopic (exact) mass is 468 g/mol. The van der Waals surface area contributed by atoms with Gasteiger partial charge in [-0.3, -0.25) is 4.79 Å². The molecule has 5 nitrogen and oxygen atoms in total. The summed E-state index contributed by atoms with van der Waals surface area (Å²) in [4.78, 5) is 33.0. The second-order valence-corrected chi connectivity index (χ2v) is 10.1. The molecule has 5 heteroatoms. The molecule has 2 aliphatic rings. The minimum atomic E-state index is -0.438. The summed E-state index contributed by atoms with van der Waals surface area (Å²) in [5.41, 5.74) is 5.36. The highest BCUT2D eigenvalue weighted by molar-refractivity contribution is 6.07. The number of amides is 1. The Morgan fingerprint density at radius 2 is 1.69 bits per heavy atom. The average molecular weight is 469 g/mol. The smallest absolute Gasteiger partial charge is 0.339 e. The molecule has 2 heterocycles. The molecular weight excluding hydrogens is 436 g/mol. The number of aromatic nitrogens is 1. The Labute approximate surface area is 206 Å². The van der Waals surface area contributed by atoms with Gasteiger partial charge in [0, 0.05) is 18.5 Å². The number of carbonyl (C=O) groups excluding carboxylic acids is 2. The standard InChI is InChI=1S/C30H32N2O3/c1-20-12-14-32(15-13-20)27(33)19-35-30(34)28-24-10-6-7-11-26(24)31-29-23(16-21(2)17-25(28)29)18-22-8-4-3-5-9-22/h3-11,18,20-21H,12-17,19H2,1-2H3. The first-order valence-electron chi connectivity index (χ1n) is 12.6. The maximum atomic E-state index is 13.5. The first kappa shape index (κ1) is 23.3. The van der Waals surface area contributed by atoms with Crippen LogP contribution in [0.5, 0.6) is 0 Å². The molecule has 0 radical (unpaired) electrons. The lowest BCUT2D eigenvalue weighted by atomic mass is 9.80. The lowest BCUT2D eigenvalue weighted by molar-refractivity contribution is -0.135. The number of hydrogen-bond donors (Lipinski definition) is 0. The van der Waals surface area contributed by atoms with E-state index >= 15 is 0 Å². The van der Waals surface area contributed by atoms with E-state index in [2.05, 4.69) is 32.1 Å². The Hall–Kier alpha value is -3.47. The molecule has 1 aromatic heterocycles. The van der Waals surface area contributed by atoms with E-state index in [4.69, 9.17) is 9.72 Å².